The van der Waals surface area contributed by atoms with Gasteiger partial charge >= 0.3 is 12.4 Å². The summed E-state index contributed by atoms with van der Waals surface area (Å²) in [6, 6.07) is -1.85. The second kappa shape index (κ2) is 5.56. The number of halogens is 6. The van der Waals surface area contributed by atoms with Crippen molar-refractivity contribution in [1.82, 2.24) is 5.32 Å². The summed E-state index contributed by atoms with van der Waals surface area (Å²) in [6.07, 6.45) is -9.59. The fraction of sp³-hybridized carbons (Fsp3) is 0.778. The van der Waals surface area contributed by atoms with Crippen LogP contribution in [0.25, 0.3) is 0 Å². The van der Waals surface area contributed by atoms with Gasteiger partial charge in [0.05, 0.1) is 0 Å². The van der Waals surface area contributed by atoms with Gasteiger partial charge in [0, 0.05) is 6.04 Å². The van der Waals surface area contributed by atoms with Crippen molar-refractivity contribution in [2.45, 2.75) is 31.7 Å². The van der Waals surface area contributed by atoms with E-state index < -0.39 is 24.3 Å². The largest absolute Gasteiger partial charge is 0.402 e. The first-order chi connectivity index (χ1) is 7.14. The fourth-order valence-corrected chi connectivity index (χ4v) is 1.24. The van der Waals surface area contributed by atoms with E-state index in [1.807, 2.05) is 0 Å². The number of nitrogens with one attached hydrogen (secondary N) is 1. The van der Waals surface area contributed by atoms with Gasteiger partial charge < -0.3 is 5.32 Å². The van der Waals surface area contributed by atoms with Gasteiger partial charge in [-0.25, -0.2) is 0 Å². The van der Waals surface area contributed by atoms with Crippen molar-refractivity contribution in [2.75, 3.05) is 6.54 Å². The second-order valence-corrected chi connectivity index (χ2v) is 3.28. The summed E-state index contributed by atoms with van der Waals surface area (Å²) in [6.45, 7) is 4.71. The molecule has 0 heterocycles. The summed E-state index contributed by atoms with van der Waals surface area (Å²) in [5.41, 5.74) is 0. The summed E-state index contributed by atoms with van der Waals surface area (Å²) < 4.78 is 73.6. The number of hydrogen-bond donors (Lipinski definition) is 1. The molecule has 0 saturated heterocycles. The molecule has 0 aliphatic carbocycles. The predicted molar refractivity (Wildman–Crippen MR) is 47.9 cm³/mol. The van der Waals surface area contributed by atoms with Crippen molar-refractivity contribution in [1.29, 1.82) is 0 Å². The summed E-state index contributed by atoms with van der Waals surface area (Å²) >= 11 is 0. The van der Waals surface area contributed by atoms with Gasteiger partial charge in [-0.2, -0.15) is 26.3 Å². The van der Waals surface area contributed by atoms with Crippen LogP contribution in [0.1, 0.15) is 13.3 Å². The SMILES string of the molecule is C=CC(NCCC)C(C(F)(F)F)C(F)(F)F. The van der Waals surface area contributed by atoms with Crippen molar-refractivity contribution >= 4 is 0 Å². The molecule has 0 aromatic heterocycles. The van der Waals surface area contributed by atoms with Crippen LogP contribution in [0.4, 0.5) is 26.3 Å². The Kier molecular flexibility index (Phi) is 5.31. The summed E-state index contributed by atoms with van der Waals surface area (Å²) in [5, 5.41) is 2.17. The highest BCUT2D eigenvalue weighted by Gasteiger charge is 2.59. The summed E-state index contributed by atoms with van der Waals surface area (Å²) in [7, 11) is 0. The van der Waals surface area contributed by atoms with Crippen LogP contribution in [0.3, 0.4) is 0 Å². The van der Waals surface area contributed by atoms with Gasteiger partial charge in [-0.3, -0.25) is 0 Å². The van der Waals surface area contributed by atoms with Crippen LogP contribution in [0.15, 0.2) is 12.7 Å². The maximum absolute atomic E-state index is 12.3. The van der Waals surface area contributed by atoms with Gasteiger partial charge in [0.1, 0.15) is 0 Å². The molecule has 0 saturated carbocycles. The van der Waals surface area contributed by atoms with E-state index in [0.29, 0.717) is 12.5 Å². The van der Waals surface area contributed by atoms with Crippen LogP contribution in [-0.2, 0) is 0 Å². The third kappa shape index (κ3) is 4.42. The maximum Gasteiger partial charge on any atom is 0.402 e. The zero-order valence-electron chi connectivity index (χ0n) is 8.62. The highest BCUT2D eigenvalue weighted by Crippen LogP contribution is 2.41. The van der Waals surface area contributed by atoms with Crippen molar-refractivity contribution in [2.24, 2.45) is 5.92 Å². The van der Waals surface area contributed by atoms with E-state index in [2.05, 4.69) is 11.9 Å². The van der Waals surface area contributed by atoms with E-state index in [0.717, 1.165) is 0 Å². The zero-order chi connectivity index (χ0) is 13.0. The quantitative estimate of drug-likeness (QED) is 0.582. The van der Waals surface area contributed by atoms with Gasteiger partial charge in [0.15, 0.2) is 5.92 Å². The van der Waals surface area contributed by atoms with Crippen LogP contribution in [-0.4, -0.2) is 24.9 Å². The standard InChI is InChI=1S/C9H13F6N/c1-3-5-16-6(4-2)7(8(10,11)12)9(13,14)15/h4,6-7,16H,2-3,5H2,1H3. The first kappa shape index (κ1) is 15.3. The molecule has 0 amide bonds. The normalized spacial score (nSPS) is 15.2. The minimum atomic E-state index is -5.34. The fourth-order valence-electron chi connectivity index (χ4n) is 1.24. The second-order valence-electron chi connectivity index (χ2n) is 3.28. The topological polar surface area (TPSA) is 12.0 Å². The van der Waals surface area contributed by atoms with Gasteiger partial charge in [-0.05, 0) is 13.0 Å². The van der Waals surface area contributed by atoms with Gasteiger partial charge in [0.2, 0.25) is 0 Å². The van der Waals surface area contributed by atoms with Crippen LogP contribution in [0.2, 0.25) is 0 Å². The van der Waals surface area contributed by atoms with E-state index in [-0.39, 0.29) is 6.54 Å². The highest BCUT2D eigenvalue weighted by molar-refractivity contribution is 4.97. The van der Waals surface area contributed by atoms with Crippen molar-refractivity contribution in [3.8, 4) is 0 Å². The number of hydrogen-bond acceptors (Lipinski definition) is 1. The Morgan fingerprint density at radius 3 is 1.81 bits per heavy atom. The van der Waals surface area contributed by atoms with E-state index in [4.69, 9.17) is 0 Å². The highest BCUT2D eigenvalue weighted by atomic mass is 19.4. The van der Waals surface area contributed by atoms with Crippen LogP contribution < -0.4 is 5.32 Å². The molecule has 16 heavy (non-hydrogen) atoms. The Morgan fingerprint density at radius 2 is 1.56 bits per heavy atom. The molecule has 7 heteroatoms. The lowest BCUT2D eigenvalue weighted by Gasteiger charge is -2.29. The van der Waals surface area contributed by atoms with Crippen LogP contribution in [0, 0.1) is 5.92 Å². The monoisotopic (exact) mass is 249 g/mol. The lowest BCUT2D eigenvalue weighted by Crippen LogP contribution is -2.50. The zero-order valence-corrected chi connectivity index (χ0v) is 8.62. The predicted octanol–water partition coefficient (Wildman–Crippen LogP) is 3.28. The molecule has 96 valence electrons. The molecule has 1 N–H and O–H groups in total. The van der Waals surface area contributed by atoms with E-state index in [1.165, 1.54) is 0 Å². The molecular formula is C9H13F6N. The minimum Gasteiger partial charge on any atom is -0.310 e. The van der Waals surface area contributed by atoms with Gasteiger partial charge in [0.25, 0.3) is 0 Å². The molecular weight excluding hydrogens is 236 g/mol. The van der Waals surface area contributed by atoms with Gasteiger partial charge in [-0.1, -0.05) is 13.0 Å². The molecule has 0 aromatic rings. The Morgan fingerprint density at radius 1 is 1.12 bits per heavy atom. The Bertz CT molecular complexity index is 205. The molecule has 0 radical (unpaired) electrons. The Labute approximate surface area is 89.5 Å². The average molecular weight is 249 g/mol. The minimum absolute atomic E-state index is 0.0688. The average Bonchev–Trinajstić information content (AvgIpc) is 2.07. The first-order valence-electron chi connectivity index (χ1n) is 4.64. The first-order valence-corrected chi connectivity index (χ1v) is 4.64. The summed E-state index contributed by atoms with van der Waals surface area (Å²) in [5.74, 6) is -3.41. The molecule has 1 atom stereocenters. The molecule has 0 spiro atoms. The molecule has 1 unspecified atom stereocenters. The Balaban J connectivity index is 4.93. The number of rotatable bonds is 5. The lowest BCUT2D eigenvalue weighted by molar-refractivity contribution is -0.288. The van der Waals surface area contributed by atoms with E-state index >= 15 is 0 Å². The van der Waals surface area contributed by atoms with E-state index in [9.17, 15) is 26.3 Å². The maximum atomic E-state index is 12.3. The molecule has 0 aliphatic heterocycles. The molecule has 0 rings (SSSR count). The molecule has 0 aromatic carbocycles. The molecule has 0 aliphatic rings. The Hall–Kier alpha value is -0.720. The molecule has 0 bridgehead atoms. The van der Waals surface area contributed by atoms with Gasteiger partial charge in [-0.15, -0.1) is 6.58 Å². The van der Waals surface area contributed by atoms with Crippen molar-refractivity contribution in [3.63, 3.8) is 0 Å². The third-order valence-electron chi connectivity index (χ3n) is 1.95. The van der Waals surface area contributed by atoms with Crippen LogP contribution in [0.5, 0.6) is 0 Å². The lowest BCUT2D eigenvalue weighted by atomic mass is 9.98. The van der Waals surface area contributed by atoms with Crippen molar-refractivity contribution in [3.05, 3.63) is 12.7 Å². The van der Waals surface area contributed by atoms with Crippen molar-refractivity contribution < 1.29 is 26.3 Å². The third-order valence-corrected chi connectivity index (χ3v) is 1.95. The van der Waals surface area contributed by atoms with Crippen LogP contribution >= 0.6 is 0 Å². The summed E-state index contributed by atoms with van der Waals surface area (Å²) in [4.78, 5) is 0. The molecule has 0 fully saturated rings. The number of alkyl halides is 6. The van der Waals surface area contributed by atoms with E-state index in [1.54, 1.807) is 6.92 Å². The molecule has 1 nitrogen and oxygen atoms in total. The smallest absolute Gasteiger partial charge is 0.310 e.